The zero-order valence-corrected chi connectivity index (χ0v) is 14.7. The third kappa shape index (κ3) is 3.37. The Bertz CT molecular complexity index is 823. The Kier molecular flexibility index (Phi) is 4.74. The van der Waals surface area contributed by atoms with Crippen LogP contribution in [0.4, 0.5) is 4.39 Å². The number of rotatable bonds is 4. The second-order valence-corrected chi connectivity index (χ2v) is 7.18. The van der Waals surface area contributed by atoms with Crippen LogP contribution in [-0.4, -0.2) is 53.1 Å². The van der Waals surface area contributed by atoms with Gasteiger partial charge in [-0.1, -0.05) is 36.4 Å². The average Bonchev–Trinajstić information content (AvgIpc) is 2.64. The molecule has 2 aliphatic rings. The lowest BCUT2D eigenvalue weighted by Crippen LogP contribution is -2.46. The van der Waals surface area contributed by atoms with Crippen LogP contribution >= 0.6 is 0 Å². The second kappa shape index (κ2) is 7.17. The summed E-state index contributed by atoms with van der Waals surface area (Å²) in [5.74, 6) is -0.785. The van der Waals surface area contributed by atoms with Crippen LogP contribution in [0.5, 0.6) is 0 Å². The molecule has 4 rings (SSSR count). The van der Waals surface area contributed by atoms with Crippen LogP contribution in [0.3, 0.4) is 0 Å². The average molecular weight is 354 g/mol. The lowest BCUT2D eigenvalue weighted by atomic mass is 9.98. The van der Waals surface area contributed by atoms with Gasteiger partial charge in [0, 0.05) is 32.7 Å². The fraction of sp³-hybridized carbons (Fsp3) is 0.381. The van der Waals surface area contributed by atoms with Crippen LogP contribution in [-0.2, 0) is 19.4 Å². The molecule has 2 heterocycles. The van der Waals surface area contributed by atoms with Crippen LogP contribution in [0.2, 0.25) is 0 Å². The zero-order valence-electron chi connectivity index (χ0n) is 14.7. The Morgan fingerprint density at radius 1 is 0.962 bits per heavy atom. The molecule has 0 fully saturated rings. The summed E-state index contributed by atoms with van der Waals surface area (Å²) in [6, 6.07) is 13.1. The number of β-amino-alcohol motifs (C(OH)–C–C–N with tert-alkyl or cyclic N) is 1. The van der Waals surface area contributed by atoms with Crippen LogP contribution in [0.25, 0.3) is 0 Å². The van der Waals surface area contributed by atoms with E-state index >= 15 is 0 Å². The molecule has 1 atom stereocenters. The first kappa shape index (κ1) is 17.2. The quantitative estimate of drug-likeness (QED) is 0.916. The van der Waals surface area contributed by atoms with E-state index in [1.165, 1.54) is 17.2 Å². The van der Waals surface area contributed by atoms with Crippen LogP contribution < -0.4 is 0 Å². The molecular weight excluding hydrogens is 331 g/mol. The summed E-state index contributed by atoms with van der Waals surface area (Å²) in [6.45, 7) is 3.00. The van der Waals surface area contributed by atoms with Crippen LogP contribution in [0.1, 0.15) is 27.0 Å². The highest BCUT2D eigenvalue weighted by atomic mass is 19.1. The first-order valence-corrected chi connectivity index (χ1v) is 9.15. The fourth-order valence-corrected chi connectivity index (χ4v) is 4.03. The summed E-state index contributed by atoms with van der Waals surface area (Å²) >= 11 is 0. The number of hydrogen-bond donors (Lipinski definition) is 1. The van der Waals surface area contributed by atoms with Gasteiger partial charge in [-0.15, -0.1) is 0 Å². The molecule has 0 aromatic heterocycles. The molecule has 4 nitrogen and oxygen atoms in total. The molecule has 2 aliphatic heterocycles. The van der Waals surface area contributed by atoms with Crippen LogP contribution in [0.15, 0.2) is 42.5 Å². The molecule has 1 N–H and O–H groups in total. The number of aliphatic hydroxyl groups is 1. The van der Waals surface area contributed by atoms with E-state index in [-0.39, 0.29) is 18.0 Å². The van der Waals surface area contributed by atoms with Crippen molar-refractivity contribution in [1.29, 1.82) is 0 Å². The largest absolute Gasteiger partial charge is 0.390 e. The summed E-state index contributed by atoms with van der Waals surface area (Å²) in [5.41, 5.74) is 3.60. The highest BCUT2D eigenvalue weighted by Gasteiger charge is 2.29. The maximum Gasteiger partial charge on any atom is 0.257 e. The molecule has 0 radical (unpaired) electrons. The van der Waals surface area contributed by atoms with Crippen molar-refractivity contribution in [2.24, 2.45) is 0 Å². The van der Waals surface area contributed by atoms with Gasteiger partial charge in [0.1, 0.15) is 5.82 Å². The minimum absolute atomic E-state index is 0.165. The van der Waals surface area contributed by atoms with Gasteiger partial charge in [0.15, 0.2) is 0 Å². The minimum Gasteiger partial charge on any atom is -0.390 e. The summed E-state index contributed by atoms with van der Waals surface area (Å²) in [5, 5.41) is 10.5. The molecule has 26 heavy (non-hydrogen) atoms. The molecule has 0 unspecified atom stereocenters. The van der Waals surface area contributed by atoms with Crippen molar-refractivity contribution in [2.45, 2.75) is 25.5 Å². The molecule has 1 amide bonds. The van der Waals surface area contributed by atoms with E-state index in [2.05, 4.69) is 23.1 Å². The smallest absolute Gasteiger partial charge is 0.257 e. The van der Waals surface area contributed by atoms with E-state index < -0.39 is 11.9 Å². The van der Waals surface area contributed by atoms with E-state index in [1.54, 1.807) is 17.0 Å². The maximum absolute atomic E-state index is 14.0. The lowest BCUT2D eigenvalue weighted by Gasteiger charge is -2.34. The van der Waals surface area contributed by atoms with E-state index in [0.717, 1.165) is 25.1 Å². The minimum atomic E-state index is -0.641. The van der Waals surface area contributed by atoms with Gasteiger partial charge in [-0.25, -0.2) is 4.39 Å². The number of fused-ring (bicyclic) bond motifs is 2. The summed E-state index contributed by atoms with van der Waals surface area (Å²) < 4.78 is 14.0. The molecule has 2 aromatic carbocycles. The van der Waals surface area contributed by atoms with Crippen molar-refractivity contribution in [3.05, 3.63) is 70.5 Å². The number of benzene rings is 2. The summed E-state index contributed by atoms with van der Waals surface area (Å²) in [7, 11) is 0. The number of hydrogen-bond acceptors (Lipinski definition) is 3. The van der Waals surface area contributed by atoms with Crippen LogP contribution in [0, 0.1) is 5.82 Å². The van der Waals surface area contributed by atoms with E-state index in [1.807, 2.05) is 6.07 Å². The Morgan fingerprint density at radius 2 is 1.69 bits per heavy atom. The second-order valence-electron chi connectivity index (χ2n) is 7.18. The van der Waals surface area contributed by atoms with Gasteiger partial charge in [0.25, 0.3) is 5.91 Å². The number of halogens is 1. The summed E-state index contributed by atoms with van der Waals surface area (Å²) in [4.78, 5) is 16.4. The highest BCUT2D eigenvalue weighted by molar-refractivity contribution is 5.97. The molecule has 0 saturated heterocycles. The van der Waals surface area contributed by atoms with Gasteiger partial charge in [0.2, 0.25) is 0 Å². The first-order chi connectivity index (χ1) is 12.6. The highest BCUT2D eigenvalue weighted by Crippen LogP contribution is 2.22. The molecule has 136 valence electrons. The van der Waals surface area contributed by atoms with Gasteiger partial charge >= 0.3 is 0 Å². The van der Waals surface area contributed by atoms with E-state index in [4.69, 9.17) is 0 Å². The maximum atomic E-state index is 14.0. The van der Waals surface area contributed by atoms with Crippen molar-refractivity contribution in [1.82, 2.24) is 9.80 Å². The number of aliphatic hydroxyl groups excluding tert-OH is 1. The monoisotopic (exact) mass is 354 g/mol. The predicted molar refractivity (Wildman–Crippen MR) is 97.4 cm³/mol. The topological polar surface area (TPSA) is 43.8 Å². The van der Waals surface area contributed by atoms with E-state index in [0.29, 0.717) is 19.5 Å². The predicted octanol–water partition coefficient (Wildman–Crippen LogP) is 2.24. The normalized spacial score (nSPS) is 18.4. The summed E-state index contributed by atoms with van der Waals surface area (Å²) in [6.07, 6.45) is 0.963. The van der Waals surface area contributed by atoms with E-state index in [9.17, 15) is 14.3 Å². The molecule has 0 spiro atoms. The Balaban J connectivity index is 1.38. The lowest BCUT2D eigenvalue weighted by molar-refractivity contribution is 0.0488. The van der Waals surface area contributed by atoms with Gasteiger partial charge in [-0.3, -0.25) is 9.69 Å². The van der Waals surface area contributed by atoms with Crippen molar-refractivity contribution in [3.63, 3.8) is 0 Å². The molecule has 0 saturated carbocycles. The first-order valence-electron chi connectivity index (χ1n) is 9.15. The fourth-order valence-electron chi connectivity index (χ4n) is 4.03. The van der Waals surface area contributed by atoms with Gasteiger partial charge < -0.3 is 10.0 Å². The Hall–Kier alpha value is -2.24. The van der Waals surface area contributed by atoms with Gasteiger partial charge in [-0.2, -0.15) is 0 Å². The number of carbonyl (C=O) groups excluding carboxylic acids is 1. The Morgan fingerprint density at radius 3 is 2.54 bits per heavy atom. The van der Waals surface area contributed by atoms with Crippen molar-refractivity contribution >= 4 is 5.91 Å². The molecule has 2 aromatic rings. The Labute approximate surface area is 152 Å². The van der Waals surface area contributed by atoms with Crippen molar-refractivity contribution in [3.8, 4) is 0 Å². The molecule has 0 bridgehead atoms. The number of carbonyl (C=O) groups is 1. The third-order valence-corrected chi connectivity index (χ3v) is 5.36. The number of amides is 1. The number of nitrogens with zero attached hydrogens (tertiary/aromatic N) is 2. The SMILES string of the molecule is O=C1c2c(F)cccc2CCN1C[C@H](O)CN1CCc2ccccc2C1. The zero-order chi connectivity index (χ0) is 18.1. The van der Waals surface area contributed by atoms with Crippen molar-refractivity contribution in [2.75, 3.05) is 26.2 Å². The van der Waals surface area contributed by atoms with Gasteiger partial charge in [-0.05, 0) is 35.6 Å². The molecular formula is C21H23FN2O2. The standard InChI is InChI=1S/C21H23FN2O2/c22-19-7-3-6-16-9-11-24(21(26)20(16)19)14-18(25)13-23-10-8-15-4-1-2-5-17(15)12-23/h1-7,18,25H,8-14H2/t18-/m1/s1. The third-order valence-electron chi connectivity index (χ3n) is 5.36. The van der Waals surface area contributed by atoms with Gasteiger partial charge in [0.05, 0.1) is 11.7 Å². The molecule has 0 aliphatic carbocycles. The van der Waals surface area contributed by atoms with Crippen molar-refractivity contribution < 1.29 is 14.3 Å². The molecule has 5 heteroatoms.